The minimum atomic E-state index is -0.487. The fourth-order valence-electron chi connectivity index (χ4n) is 4.08. The van der Waals surface area contributed by atoms with Gasteiger partial charge in [0.2, 0.25) is 11.8 Å². The van der Waals surface area contributed by atoms with E-state index in [-0.39, 0.29) is 17.4 Å². The van der Waals surface area contributed by atoms with Gasteiger partial charge in [0, 0.05) is 43.7 Å². The number of aromatic nitrogens is 5. The van der Waals surface area contributed by atoms with Crippen molar-refractivity contribution >= 4 is 11.4 Å². The summed E-state index contributed by atoms with van der Waals surface area (Å²) >= 11 is 0. The Labute approximate surface area is 169 Å². The quantitative estimate of drug-likeness (QED) is 0.622. The molecule has 0 unspecified atom stereocenters. The first-order chi connectivity index (χ1) is 13.7. The second-order valence-electron chi connectivity index (χ2n) is 8.42. The average molecular weight is 394 g/mol. The minimum Gasteiger partial charge on any atom is -0.469 e. The van der Waals surface area contributed by atoms with Crippen LogP contribution in [0.2, 0.25) is 0 Å². The highest BCUT2D eigenvalue weighted by atomic mass is 16.5. The van der Waals surface area contributed by atoms with Gasteiger partial charge >= 0.3 is 0 Å². The Hall–Kier alpha value is -3.16. The van der Waals surface area contributed by atoms with Gasteiger partial charge in [0.1, 0.15) is 11.1 Å². The van der Waals surface area contributed by atoms with Gasteiger partial charge in [-0.1, -0.05) is 20.4 Å². The molecule has 2 atom stereocenters. The van der Waals surface area contributed by atoms with Crippen molar-refractivity contribution in [2.45, 2.75) is 38.8 Å². The van der Waals surface area contributed by atoms with E-state index in [2.05, 4.69) is 37.5 Å². The number of carbonyl (C=O) groups excluding carboxylic acids is 1. The lowest BCUT2D eigenvalue weighted by molar-refractivity contribution is -0.178. The summed E-state index contributed by atoms with van der Waals surface area (Å²) in [7, 11) is 3.68. The molecular weight excluding hydrogens is 368 g/mol. The number of rotatable bonds is 5. The van der Waals surface area contributed by atoms with E-state index in [9.17, 15) is 4.79 Å². The third-order valence-corrected chi connectivity index (χ3v) is 6.45. The van der Waals surface area contributed by atoms with Gasteiger partial charge in [-0.3, -0.25) is 9.48 Å². The van der Waals surface area contributed by atoms with Crippen LogP contribution in [0.3, 0.4) is 0 Å². The molecule has 0 spiro atoms. The lowest BCUT2D eigenvalue weighted by Gasteiger charge is -2.61. The minimum absolute atomic E-state index is 0.0560. The number of nitrogens with zero attached hydrogens (tertiary/aromatic N) is 6. The molecule has 1 aliphatic carbocycles. The first-order valence-corrected chi connectivity index (χ1v) is 9.58. The fraction of sp³-hybridized carbons (Fsp3) is 0.429. The van der Waals surface area contributed by atoms with E-state index in [1.807, 2.05) is 32.6 Å². The molecule has 152 valence electrons. The van der Waals surface area contributed by atoms with Crippen molar-refractivity contribution in [1.29, 1.82) is 0 Å². The lowest BCUT2D eigenvalue weighted by Crippen LogP contribution is -2.70. The summed E-state index contributed by atoms with van der Waals surface area (Å²) in [4.78, 5) is 18.6. The van der Waals surface area contributed by atoms with Gasteiger partial charge in [0.05, 0.1) is 24.3 Å². The predicted molar refractivity (Wildman–Crippen MR) is 109 cm³/mol. The number of aryl methyl sites for hydroxylation is 1. The fourth-order valence-corrected chi connectivity index (χ4v) is 4.08. The number of hydrogen-bond acceptors (Lipinski definition) is 5. The molecule has 8 heteroatoms. The van der Waals surface area contributed by atoms with E-state index in [0.29, 0.717) is 12.3 Å². The topological polar surface area (TPSA) is 77.6 Å². The van der Waals surface area contributed by atoms with Crippen molar-refractivity contribution in [2.24, 2.45) is 12.5 Å². The van der Waals surface area contributed by atoms with Crippen molar-refractivity contribution in [3.8, 4) is 17.1 Å². The second kappa shape index (κ2) is 6.43. The molecule has 0 N–H and O–H groups in total. The van der Waals surface area contributed by atoms with Crippen molar-refractivity contribution < 1.29 is 9.53 Å². The molecule has 0 aliphatic heterocycles. The van der Waals surface area contributed by atoms with Gasteiger partial charge in [-0.05, 0) is 19.1 Å². The van der Waals surface area contributed by atoms with Crippen LogP contribution in [0.5, 0.6) is 5.88 Å². The number of hydrogen-bond donors (Lipinski definition) is 0. The zero-order valence-electron chi connectivity index (χ0n) is 17.5. The summed E-state index contributed by atoms with van der Waals surface area (Å²) in [5.74, 6) is 0.440. The van der Waals surface area contributed by atoms with E-state index in [1.165, 1.54) is 6.08 Å². The molecule has 0 saturated heterocycles. The summed E-state index contributed by atoms with van der Waals surface area (Å²) in [5, 5.41) is 8.60. The Kier molecular flexibility index (Phi) is 4.25. The Bertz CT molecular complexity index is 1100. The Morgan fingerprint density at radius 2 is 2.10 bits per heavy atom. The van der Waals surface area contributed by atoms with Crippen LogP contribution in [-0.2, 0) is 11.8 Å². The van der Waals surface area contributed by atoms with Crippen molar-refractivity contribution in [3.63, 3.8) is 0 Å². The van der Waals surface area contributed by atoms with Crippen LogP contribution in [0, 0.1) is 5.41 Å². The van der Waals surface area contributed by atoms with Gasteiger partial charge in [-0.25, -0.2) is 9.50 Å². The average Bonchev–Trinajstić information content (AvgIpc) is 3.33. The Morgan fingerprint density at radius 1 is 1.34 bits per heavy atom. The van der Waals surface area contributed by atoms with Crippen LogP contribution in [0.1, 0.15) is 27.2 Å². The summed E-state index contributed by atoms with van der Waals surface area (Å²) in [6.07, 6.45) is 9.32. The molecular formula is C21H26N6O2. The van der Waals surface area contributed by atoms with Crippen LogP contribution in [0.25, 0.3) is 16.8 Å². The van der Waals surface area contributed by atoms with E-state index in [1.54, 1.807) is 26.5 Å². The van der Waals surface area contributed by atoms with Crippen LogP contribution < -0.4 is 4.74 Å². The molecule has 1 amide bonds. The van der Waals surface area contributed by atoms with Gasteiger partial charge < -0.3 is 9.64 Å². The van der Waals surface area contributed by atoms with Gasteiger partial charge in [0.25, 0.3) is 0 Å². The number of amides is 1. The van der Waals surface area contributed by atoms with Gasteiger partial charge in [-0.15, -0.1) is 0 Å². The molecule has 29 heavy (non-hydrogen) atoms. The van der Waals surface area contributed by atoms with Gasteiger partial charge in [0.15, 0.2) is 0 Å². The van der Waals surface area contributed by atoms with Crippen molar-refractivity contribution in [2.75, 3.05) is 7.05 Å². The summed E-state index contributed by atoms with van der Waals surface area (Å²) in [5.41, 5.74) is 1.67. The number of carbonyl (C=O) groups is 1. The third kappa shape index (κ3) is 2.90. The number of ether oxygens (including phenoxy) is 1. The molecule has 3 heterocycles. The Balaban J connectivity index is 1.68. The highest BCUT2D eigenvalue weighted by molar-refractivity contribution is 5.87. The molecule has 1 saturated carbocycles. The Morgan fingerprint density at radius 3 is 2.72 bits per heavy atom. The third-order valence-electron chi connectivity index (χ3n) is 6.45. The van der Waals surface area contributed by atoms with E-state index < -0.39 is 5.60 Å². The maximum absolute atomic E-state index is 12.1. The SMILES string of the molecule is C=CC(=O)N(C)[C@@H]1C[C@](C)(Oc2nc(-c3cnn(C)c3)cn3nccc23)C1(C)C. The van der Waals surface area contributed by atoms with E-state index >= 15 is 0 Å². The monoisotopic (exact) mass is 394 g/mol. The normalized spacial score (nSPS) is 22.9. The van der Waals surface area contributed by atoms with Crippen LogP contribution in [-0.4, -0.2) is 53.9 Å². The molecule has 1 fully saturated rings. The highest BCUT2D eigenvalue weighted by Gasteiger charge is 2.61. The molecule has 3 aromatic heterocycles. The smallest absolute Gasteiger partial charge is 0.245 e. The maximum Gasteiger partial charge on any atom is 0.245 e. The number of fused-ring (bicyclic) bond motifs is 1. The van der Waals surface area contributed by atoms with Crippen molar-refractivity contribution in [3.05, 3.63) is 43.5 Å². The highest BCUT2D eigenvalue weighted by Crippen LogP contribution is 2.54. The standard InChI is InChI=1S/C21H26N6O2/c1-7-18(28)26(6)17-10-21(4,20(17,2)3)29-19-16-8-9-22-27(16)13-15(24-19)14-11-23-25(5)12-14/h7-9,11-13,17H,1,10H2,2-6H3/t17-,21+/m1/s1. The zero-order valence-corrected chi connectivity index (χ0v) is 17.5. The summed E-state index contributed by atoms with van der Waals surface area (Å²) in [6, 6.07) is 1.94. The lowest BCUT2D eigenvalue weighted by atomic mass is 9.55. The first kappa shape index (κ1) is 19.2. The molecule has 3 aromatic rings. The zero-order chi connectivity index (χ0) is 21.0. The largest absolute Gasteiger partial charge is 0.469 e. The molecule has 4 rings (SSSR count). The van der Waals surface area contributed by atoms with Crippen molar-refractivity contribution in [1.82, 2.24) is 29.3 Å². The molecule has 0 radical (unpaired) electrons. The summed E-state index contributed by atoms with van der Waals surface area (Å²) in [6.45, 7) is 9.90. The van der Waals surface area contributed by atoms with Crippen LogP contribution in [0.4, 0.5) is 0 Å². The molecule has 8 nitrogen and oxygen atoms in total. The van der Waals surface area contributed by atoms with Crippen LogP contribution in [0.15, 0.2) is 43.5 Å². The first-order valence-electron chi connectivity index (χ1n) is 9.58. The summed E-state index contributed by atoms with van der Waals surface area (Å²) < 4.78 is 10.0. The number of likely N-dealkylation sites (N-methyl/N-ethyl adjacent to an activating group) is 1. The van der Waals surface area contributed by atoms with E-state index in [4.69, 9.17) is 9.72 Å². The van der Waals surface area contributed by atoms with Gasteiger partial charge in [-0.2, -0.15) is 10.2 Å². The molecule has 0 bridgehead atoms. The second-order valence-corrected chi connectivity index (χ2v) is 8.42. The predicted octanol–water partition coefficient (Wildman–Crippen LogP) is 2.71. The molecule has 0 aromatic carbocycles. The van der Waals surface area contributed by atoms with Crippen LogP contribution >= 0.6 is 0 Å². The maximum atomic E-state index is 12.1. The van der Waals surface area contributed by atoms with E-state index in [0.717, 1.165) is 16.8 Å². The molecule has 1 aliphatic rings.